The number of rotatable bonds is 3. The predicted molar refractivity (Wildman–Crippen MR) is 84.4 cm³/mol. The zero-order chi connectivity index (χ0) is 15.0. The van der Waals surface area contributed by atoms with Crippen molar-refractivity contribution in [2.24, 2.45) is 0 Å². The smallest absolute Gasteiger partial charge is 0.237 e. The molecule has 0 aliphatic carbocycles. The van der Waals surface area contributed by atoms with Crippen LogP contribution in [0.15, 0.2) is 42.6 Å². The van der Waals surface area contributed by atoms with E-state index in [1.54, 1.807) is 6.20 Å². The molecule has 4 nitrogen and oxygen atoms in total. The van der Waals surface area contributed by atoms with Crippen LogP contribution >= 0.6 is 0 Å². The van der Waals surface area contributed by atoms with Crippen LogP contribution in [0.2, 0.25) is 0 Å². The van der Waals surface area contributed by atoms with Crippen molar-refractivity contribution in [3.05, 3.63) is 53.9 Å². The molecule has 21 heavy (non-hydrogen) atoms. The van der Waals surface area contributed by atoms with Crippen LogP contribution in [0.4, 0.5) is 11.4 Å². The molecular formula is C17H19N3O. The molecule has 1 aliphatic heterocycles. The fourth-order valence-electron chi connectivity index (χ4n) is 2.84. The van der Waals surface area contributed by atoms with Gasteiger partial charge in [-0.05, 0) is 37.6 Å². The number of aromatic nitrogens is 1. The summed E-state index contributed by atoms with van der Waals surface area (Å²) < 4.78 is 0. The molecule has 4 heteroatoms. The number of fused-ring (bicyclic) bond motifs is 1. The maximum absolute atomic E-state index is 12.7. The maximum Gasteiger partial charge on any atom is 0.237 e. The van der Waals surface area contributed by atoms with E-state index in [9.17, 15) is 4.79 Å². The first kappa shape index (κ1) is 13.6. The number of hydrogen-bond acceptors (Lipinski definition) is 3. The molecule has 0 fully saturated rings. The van der Waals surface area contributed by atoms with E-state index < -0.39 is 5.41 Å². The molecule has 0 spiro atoms. The number of benzene rings is 1. The molecule has 2 aromatic rings. The van der Waals surface area contributed by atoms with Crippen LogP contribution in [0.3, 0.4) is 0 Å². The zero-order valence-electron chi connectivity index (χ0n) is 12.6. The van der Waals surface area contributed by atoms with Gasteiger partial charge in [-0.25, -0.2) is 0 Å². The van der Waals surface area contributed by atoms with Crippen molar-refractivity contribution in [3.8, 4) is 0 Å². The van der Waals surface area contributed by atoms with Gasteiger partial charge in [0.15, 0.2) is 0 Å². The highest BCUT2D eigenvalue weighted by Gasteiger charge is 2.43. The van der Waals surface area contributed by atoms with Crippen LogP contribution in [0, 0.1) is 0 Å². The minimum atomic E-state index is -0.475. The summed E-state index contributed by atoms with van der Waals surface area (Å²) >= 11 is 0. The van der Waals surface area contributed by atoms with E-state index in [2.05, 4.69) is 10.3 Å². The Morgan fingerprint density at radius 2 is 2.00 bits per heavy atom. The monoisotopic (exact) mass is 281 g/mol. The van der Waals surface area contributed by atoms with Gasteiger partial charge >= 0.3 is 0 Å². The number of para-hydroxylation sites is 1. The van der Waals surface area contributed by atoms with Gasteiger partial charge in [-0.2, -0.15) is 0 Å². The lowest BCUT2D eigenvalue weighted by Gasteiger charge is -2.20. The number of carbonyl (C=O) groups excluding carboxylic acids is 1. The van der Waals surface area contributed by atoms with Crippen molar-refractivity contribution >= 4 is 17.3 Å². The third-order valence-electron chi connectivity index (χ3n) is 4.07. The van der Waals surface area contributed by atoms with E-state index in [1.807, 2.05) is 62.2 Å². The van der Waals surface area contributed by atoms with Gasteiger partial charge in [0.2, 0.25) is 5.91 Å². The van der Waals surface area contributed by atoms with Crippen LogP contribution in [-0.4, -0.2) is 17.9 Å². The number of hydrogen-bond donors (Lipinski definition) is 1. The summed E-state index contributed by atoms with van der Waals surface area (Å²) in [4.78, 5) is 18.9. The van der Waals surface area contributed by atoms with Crippen molar-refractivity contribution in [1.29, 1.82) is 0 Å². The second-order valence-electron chi connectivity index (χ2n) is 5.82. The molecule has 0 radical (unpaired) electrons. The summed E-state index contributed by atoms with van der Waals surface area (Å²) in [6.07, 6.45) is 1.76. The van der Waals surface area contributed by atoms with Crippen molar-refractivity contribution in [2.45, 2.75) is 25.8 Å². The first-order valence-corrected chi connectivity index (χ1v) is 7.08. The minimum absolute atomic E-state index is 0.125. The highest BCUT2D eigenvalue weighted by molar-refractivity contribution is 6.07. The highest BCUT2D eigenvalue weighted by Crippen LogP contribution is 2.41. The summed E-state index contributed by atoms with van der Waals surface area (Å²) in [6, 6.07) is 11.9. The lowest BCUT2D eigenvalue weighted by molar-refractivity contribution is -0.122. The number of pyridine rings is 1. The van der Waals surface area contributed by atoms with E-state index in [-0.39, 0.29) is 5.91 Å². The van der Waals surface area contributed by atoms with Crippen LogP contribution < -0.4 is 10.2 Å². The van der Waals surface area contributed by atoms with Crippen LogP contribution in [0.1, 0.15) is 25.1 Å². The Bertz CT molecular complexity index is 694. The van der Waals surface area contributed by atoms with E-state index in [0.717, 1.165) is 22.6 Å². The SMILES string of the molecule is CNc1ccnc(CN2C(=O)C(C)(C)c3ccccc32)c1. The van der Waals surface area contributed by atoms with E-state index in [0.29, 0.717) is 6.54 Å². The molecule has 0 saturated carbocycles. The maximum atomic E-state index is 12.7. The Morgan fingerprint density at radius 1 is 1.24 bits per heavy atom. The number of nitrogens with zero attached hydrogens (tertiary/aromatic N) is 2. The van der Waals surface area contributed by atoms with Crippen LogP contribution in [0.5, 0.6) is 0 Å². The van der Waals surface area contributed by atoms with Crippen molar-refractivity contribution in [2.75, 3.05) is 17.3 Å². The van der Waals surface area contributed by atoms with Crippen molar-refractivity contribution in [3.63, 3.8) is 0 Å². The summed E-state index contributed by atoms with van der Waals surface area (Å²) in [6.45, 7) is 4.45. The molecule has 0 saturated heterocycles. The van der Waals surface area contributed by atoms with Crippen molar-refractivity contribution in [1.82, 2.24) is 4.98 Å². The normalized spacial score (nSPS) is 16.0. The molecule has 108 valence electrons. The third-order valence-corrected chi connectivity index (χ3v) is 4.07. The van der Waals surface area contributed by atoms with E-state index in [4.69, 9.17) is 0 Å². The average molecular weight is 281 g/mol. The quantitative estimate of drug-likeness (QED) is 0.940. The summed E-state index contributed by atoms with van der Waals surface area (Å²) in [5, 5.41) is 3.10. The van der Waals surface area contributed by atoms with Gasteiger partial charge in [-0.1, -0.05) is 18.2 Å². The molecule has 1 N–H and O–H groups in total. The minimum Gasteiger partial charge on any atom is -0.388 e. The lowest BCUT2D eigenvalue weighted by Crippen LogP contribution is -2.35. The molecule has 2 heterocycles. The Labute approximate surface area is 124 Å². The van der Waals surface area contributed by atoms with E-state index >= 15 is 0 Å². The summed E-state index contributed by atoms with van der Waals surface area (Å²) in [7, 11) is 1.87. The van der Waals surface area contributed by atoms with Gasteiger partial charge in [0.25, 0.3) is 0 Å². The summed E-state index contributed by atoms with van der Waals surface area (Å²) in [5.74, 6) is 0.125. The second kappa shape index (κ2) is 4.88. The third kappa shape index (κ3) is 2.17. The van der Waals surface area contributed by atoms with Crippen LogP contribution in [-0.2, 0) is 16.8 Å². The largest absolute Gasteiger partial charge is 0.388 e. The number of amides is 1. The molecule has 1 aromatic heterocycles. The molecule has 1 aliphatic rings. The summed E-state index contributed by atoms with van der Waals surface area (Å²) in [5.41, 5.74) is 3.47. The number of carbonyl (C=O) groups is 1. The van der Waals surface area contributed by atoms with Gasteiger partial charge in [0.05, 0.1) is 17.7 Å². The number of anilines is 2. The Kier molecular flexibility index (Phi) is 3.16. The molecule has 0 atom stereocenters. The fourth-order valence-corrected chi connectivity index (χ4v) is 2.84. The standard InChI is InChI=1S/C17H19N3O/c1-17(2)14-6-4-5-7-15(14)20(16(17)21)11-13-10-12(18-3)8-9-19-13/h4-10H,11H2,1-3H3,(H,18,19). The molecule has 0 unspecified atom stereocenters. The first-order valence-electron chi connectivity index (χ1n) is 7.08. The van der Waals surface area contributed by atoms with Crippen LogP contribution in [0.25, 0.3) is 0 Å². The van der Waals surface area contributed by atoms with E-state index in [1.165, 1.54) is 0 Å². The van der Waals surface area contributed by atoms with Crippen molar-refractivity contribution < 1.29 is 4.79 Å². The lowest BCUT2D eigenvalue weighted by atomic mass is 9.86. The second-order valence-corrected chi connectivity index (χ2v) is 5.82. The fraction of sp³-hybridized carbons (Fsp3) is 0.294. The van der Waals surface area contributed by atoms with Gasteiger partial charge in [-0.15, -0.1) is 0 Å². The topological polar surface area (TPSA) is 45.2 Å². The Hall–Kier alpha value is -2.36. The molecule has 3 rings (SSSR count). The average Bonchev–Trinajstić information content (AvgIpc) is 2.69. The van der Waals surface area contributed by atoms with Gasteiger partial charge in [0, 0.05) is 24.6 Å². The van der Waals surface area contributed by atoms with Gasteiger partial charge in [-0.3, -0.25) is 9.78 Å². The molecular weight excluding hydrogens is 262 g/mol. The predicted octanol–water partition coefficient (Wildman–Crippen LogP) is 2.95. The highest BCUT2D eigenvalue weighted by atomic mass is 16.2. The van der Waals surface area contributed by atoms with Gasteiger partial charge in [0.1, 0.15) is 0 Å². The Morgan fingerprint density at radius 3 is 2.76 bits per heavy atom. The Balaban J connectivity index is 1.97. The van der Waals surface area contributed by atoms with Gasteiger partial charge < -0.3 is 10.2 Å². The molecule has 0 bridgehead atoms. The first-order chi connectivity index (χ1) is 10.0. The molecule has 1 amide bonds. The number of nitrogens with one attached hydrogen (secondary N) is 1. The molecule has 1 aromatic carbocycles. The zero-order valence-corrected chi connectivity index (χ0v) is 12.6.